The number of carbonyl (C=O) groups is 1. The lowest BCUT2D eigenvalue weighted by molar-refractivity contribution is -0.113. The van der Waals surface area contributed by atoms with Gasteiger partial charge >= 0.3 is 0 Å². The van der Waals surface area contributed by atoms with Crippen LogP contribution in [0.5, 0.6) is 5.75 Å². The lowest BCUT2D eigenvalue weighted by Gasteiger charge is -2.15. The van der Waals surface area contributed by atoms with E-state index in [1.54, 1.807) is 17.4 Å². The first kappa shape index (κ1) is 20.0. The third-order valence-corrected chi connectivity index (χ3v) is 6.96. The van der Waals surface area contributed by atoms with Crippen LogP contribution in [0.15, 0.2) is 70.0 Å². The molecule has 0 spiro atoms. The fourth-order valence-corrected chi connectivity index (χ4v) is 5.41. The minimum absolute atomic E-state index is 0.169. The molecule has 5 nitrogen and oxygen atoms in total. The van der Waals surface area contributed by atoms with Crippen molar-refractivity contribution >= 4 is 67.5 Å². The Balaban J connectivity index is 1.39. The SMILES string of the molecule is CCOc1ccc(N2C(=O)/C(=C/c3ccc(-c4nc5ccccc5s4)o3)SC2=S)cc1. The predicted octanol–water partition coefficient (Wildman–Crippen LogP) is 6.36. The summed E-state index contributed by atoms with van der Waals surface area (Å²) >= 11 is 8.28. The highest BCUT2D eigenvalue weighted by Crippen LogP contribution is 2.37. The molecule has 4 aromatic rings. The normalized spacial score (nSPS) is 15.4. The van der Waals surface area contributed by atoms with Crippen LogP contribution >= 0.6 is 35.3 Å². The van der Waals surface area contributed by atoms with E-state index in [1.165, 1.54) is 16.7 Å². The topological polar surface area (TPSA) is 55.6 Å². The molecule has 2 aromatic carbocycles. The molecule has 1 fully saturated rings. The Morgan fingerprint density at radius 2 is 1.94 bits per heavy atom. The van der Waals surface area contributed by atoms with Crippen LogP contribution in [0, 0.1) is 0 Å². The number of nitrogens with zero attached hydrogens (tertiary/aromatic N) is 2. The summed E-state index contributed by atoms with van der Waals surface area (Å²) in [5, 5.41) is 0.808. The van der Waals surface area contributed by atoms with Crippen molar-refractivity contribution in [3.8, 4) is 16.5 Å². The maximum atomic E-state index is 13.0. The zero-order valence-corrected chi connectivity index (χ0v) is 18.9. The second-order valence-corrected chi connectivity index (χ2v) is 9.34. The van der Waals surface area contributed by atoms with Crippen LogP contribution in [-0.4, -0.2) is 21.8 Å². The van der Waals surface area contributed by atoms with Gasteiger partial charge in [0.25, 0.3) is 5.91 Å². The second kappa shape index (κ2) is 8.30. The molecule has 1 aliphatic heterocycles. The van der Waals surface area contributed by atoms with Gasteiger partial charge in [-0.25, -0.2) is 4.98 Å². The summed E-state index contributed by atoms with van der Waals surface area (Å²) in [4.78, 5) is 19.7. The van der Waals surface area contributed by atoms with Gasteiger partial charge in [0.05, 0.1) is 27.4 Å². The van der Waals surface area contributed by atoms with E-state index in [4.69, 9.17) is 21.4 Å². The number of ether oxygens (including phenoxy) is 1. The summed E-state index contributed by atoms with van der Waals surface area (Å²) in [7, 11) is 0. The van der Waals surface area contributed by atoms with Gasteiger partial charge in [-0.15, -0.1) is 11.3 Å². The Morgan fingerprint density at radius 3 is 2.71 bits per heavy atom. The lowest BCUT2D eigenvalue weighted by Crippen LogP contribution is -2.27. The van der Waals surface area contributed by atoms with Gasteiger partial charge in [-0.2, -0.15) is 0 Å². The van der Waals surface area contributed by atoms with E-state index < -0.39 is 0 Å². The molecule has 154 valence electrons. The molecule has 0 unspecified atom stereocenters. The van der Waals surface area contributed by atoms with Crippen LogP contribution in [0.2, 0.25) is 0 Å². The first-order valence-corrected chi connectivity index (χ1v) is 11.6. The fraction of sp³-hybridized carbons (Fsp3) is 0.0870. The minimum atomic E-state index is -0.169. The quantitative estimate of drug-likeness (QED) is 0.253. The molecule has 5 rings (SSSR count). The number of hydrogen-bond donors (Lipinski definition) is 0. The van der Waals surface area contributed by atoms with Gasteiger partial charge in [0.2, 0.25) is 0 Å². The van der Waals surface area contributed by atoms with Gasteiger partial charge < -0.3 is 9.15 Å². The number of fused-ring (bicyclic) bond motifs is 1. The lowest BCUT2D eigenvalue weighted by atomic mass is 10.2. The number of hydrogen-bond acceptors (Lipinski definition) is 7. The number of anilines is 1. The Labute approximate surface area is 192 Å². The first-order valence-electron chi connectivity index (χ1n) is 9.59. The largest absolute Gasteiger partial charge is 0.494 e. The average Bonchev–Trinajstić information content (AvgIpc) is 3.47. The number of amides is 1. The van der Waals surface area contributed by atoms with Gasteiger partial charge in [0.15, 0.2) is 15.1 Å². The van der Waals surface area contributed by atoms with E-state index in [2.05, 4.69) is 4.98 Å². The Kier molecular flexibility index (Phi) is 5.35. The minimum Gasteiger partial charge on any atom is -0.494 e. The highest BCUT2D eigenvalue weighted by atomic mass is 32.2. The molecule has 0 N–H and O–H groups in total. The molecule has 0 aliphatic carbocycles. The number of carbonyl (C=O) groups excluding carboxylic acids is 1. The molecule has 0 bridgehead atoms. The molecular formula is C23H16N2O3S3. The maximum Gasteiger partial charge on any atom is 0.270 e. The van der Waals surface area contributed by atoms with Crippen molar-refractivity contribution in [2.75, 3.05) is 11.5 Å². The summed E-state index contributed by atoms with van der Waals surface area (Å²) in [5.74, 6) is 1.85. The molecular weight excluding hydrogens is 448 g/mol. The van der Waals surface area contributed by atoms with Crippen LogP contribution in [0.3, 0.4) is 0 Å². The number of thioether (sulfide) groups is 1. The van der Waals surface area contributed by atoms with Crippen molar-refractivity contribution in [1.82, 2.24) is 4.98 Å². The third-order valence-electron chi connectivity index (χ3n) is 4.60. The number of benzene rings is 2. The van der Waals surface area contributed by atoms with Crippen molar-refractivity contribution in [2.45, 2.75) is 6.92 Å². The number of para-hydroxylation sites is 1. The van der Waals surface area contributed by atoms with Gasteiger partial charge in [-0.3, -0.25) is 9.69 Å². The highest BCUT2D eigenvalue weighted by molar-refractivity contribution is 8.27. The number of aromatic nitrogens is 1. The zero-order valence-electron chi connectivity index (χ0n) is 16.4. The van der Waals surface area contributed by atoms with E-state index in [1.807, 2.05) is 67.6 Å². The highest BCUT2D eigenvalue weighted by Gasteiger charge is 2.33. The van der Waals surface area contributed by atoms with Crippen LogP contribution in [0.4, 0.5) is 5.69 Å². The van der Waals surface area contributed by atoms with Gasteiger partial charge in [0.1, 0.15) is 11.5 Å². The Bertz CT molecular complexity index is 1290. The van der Waals surface area contributed by atoms with Gasteiger partial charge in [0, 0.05) is 6.08 Å². The molecule has 8 heteroatoms. The summed E-state index contributed by atoms with van der Waals surface area (Å²) in [6.45, 7) is 2.52. The second-order valence-electron chi connectivity index (χ2n) is 6.63. The molecule has 2 aromatic heterocycles. The standard InChI is InChI=1S/C23H16N2O3S3/c1-2-27-15-9-7-14(8-10-15)25-22(26)20(31-23(25)29)13-16-11-12-18(28-16)21-24-17-5-3-4-6-19(17)30-21/h3-13H,2H2,1H3/b20-13-. The van der Waals surface area contributed by atoms with Gasteiger partial charge in [-0.05, 0) is 55.5 Å². The van der Waals surface area contributed by atoms with E-state index >= 15 is 0 Å². The van der Waals surface area contributed by atoms with E-state index in [-0.39, 0.29) is 5.91 Å². The zero-order chi connectivity index (χ0) is 21.4. The molecule has 31 heavy (non-hydrogen) atoms. The number of rotatable bonds is 5. The van der Waals surface area contributed by atoms with Crippen LogP contribution in [-0.2, 0) is 4.79 Å². The molecule has 3 heterocycles. The molecule has 1 saturated heterocycles. The maximum absolute atomic E-state index is 13.0. The van der Waals surface area contributed by atoms with Gasteiger partial charge in [-0.1, -0.05) is 36.1 Å². The van der Waals surface area contributed by atoms with Crippen molar-refractivity contribution in [1.29, 1.82) is 0 Å². The number of thiazole rings is 1. The molecule has 1 aliphatic rings. The summed E-state index contributed by atoms with van der Waals surface area (Å²) in [5.41, 5.74) is 1.65. The molecule has 1 amide bonds. The molecule has 0 saturated carbocycles. The van der Waals surface area contributed by atoms with E-state index in [0.29, 0.717) is 33.0 Å². The van der Waals surface area contributed by atoms with Crippen LogP contribution < -0.4 is 9.64 Å². The first-order chi connectivity index (χ1) is 15.1. The average molecular weight is 465 g/mol. The van der Waals surface area contributed by atoms with Crippen molar-refractivity contribution in [3.63, 3.8) is 0 Å². The monoisotopic (exact) mass is 464 g/mol. The van der Waals surface area contributed by atoms with Crippen molar-refractivity contribution < 1.29 is 13.9 Å². The fourth-order valence-electron chi connectivity index (χ4n) is 3.20. The summed E-state index contributed by atoms with van der Waals surface area (Å²) < 4.78 is 13.0. The Morgan fingerprint density at radius 1 is 1.13 bits per heavy atom. The third kappa shape index (κ3) is 3.89. The summed E-state index contributed by atoms with van der Waals surface area (Å²) in [6.07, 6.45) is 1.73. The van der Waals surface area contributed by atoms with Crippen LogP contribution in [0.1, 0.15) is 12.7 Å². The molecule has 0 atom stereocenters. The van der Waals surface area contributed by atoms with E-state index in [0.717, 1.165) is 21.0 Å². The Hall–Kier alpha value is -2.94. The smallest absolute Gasteiger partial charge is 0.270 e. The van der Waals surface area contributed by atoms with E-state index in [9.17, 15) is 4.79 Å². The van der Waals surface area contributed by atoms with Crippen molar-refractivity contribution in [3.05, 3.63) is 71.3 Å². The number of thiocarbonyl (C=S) groups is 1. The molecule has 0 radical (unpaired) electrons. The number of furan rings is 1. The predicted molar refractivity (Wildman–Crippen MR) is 131 cm³/mol. The summed E-state index contributed by atoms with van der Waals surface area (Å²) in [6, 6.07) is 19.0. The van der Waals surface area contributed by atoms with Crippen LogP contribution in [0.25, 0.3) is 27.1 Å². The van der Waals surface area contributed by atoms with Crippen molar-refractivity contribution in [2.24, 2.45) is 0 Å².